The van der Waals surface area contributed by atoms with Crippen molar-refractivity contribution in [2.24, 2.45) is 5.73 Å². The minimum atomic E-state index is 0.511. The maximum absolute atomic E-state index is 5.80. The van der Waals surface area contributed by atoms with Gasteiger partial charge in [-0.05, 0) is 13.3 Å². The Morgan fingerprint density at radius 1 is 1.55 bits per heavy atom. The van der Waals surface area contributed by atoms with Crippen LogP contribution in [0.25, 0.3) is 0 Å². The SMILES string of the molecule is CCC(C)N(C)C(N)=[N+](C)C. The molecule has 2 N–H and O–H groups in total. The predicted molar refractivity (Wildman–Crippen MR) is 48.8 cm³/mol. The van der Waals surface area contributed by atoms with Gasteiger partial charge in [-0.1, -0.05) is 6.92 Å². The number of nitrogens with zero attached hydrogens (tertiary/aromatic N) is 2. The van der Waals surface area contributed by atoms with Gasteiger partial charge in [0.1, 0.15) is 0 Å². The van der Waals surface area contributed by atoms with E-state index in [-0.39, 0.29) is 0 Å². The van der Waals surface area contributed by atoms with Crippen LogP contribution in [0.5, 0.6) is 0 Å². The third kappa shape index (κ3) is 2.78. The molecule has 0 radical (unpaired) electrons. The van der Waals surface area contributed by atoms with Crippen molar-refractivity contribution in [1.82, 2.24) is 4.90 Å². The zero-order valence-corrected chi connectivity index (χ0v) is 8.26. The number of rotatable bonds is 2. The third-order valence-corrected chi connectivity index (χ3v) is 2.07. The summed E-state index contributed by atoms with van der Waals surface area (Å²) in [6, 6.07) is 0.511. The van der Waals surface area contributed by atoms with Crippen molar-refractivity contribution in [3.05, 3.63) is 0 Å². The molecule has 0 saturated heterocycles. The number of nitrogens with two attached hydrogens (primary N) is 1. The van der Waals surface area contributed by atoms with Crippen molar-refractivity contribution >= 4 is 5.96 Å². The first kappa shape index (κ1) is 10.3. The van der Waals surface area contributed by atoms with Crippen LogP contribution >= 0.6 is 0 Å². The molecule has 0 aromatic carbocycles. The molecule has 0 bridgehead atoms. The van der Waals surface area contributed by atoms with Crippen LogP contribution in [-0.2, 0) is 0 Å². The Bertz CT molecular complexity index is 147. The van der Waals surface area contributed by atoms with Crippen LogP contribution in [-0.4, -0.2) is 42.6 Å². The molecule has 0 saturated carbocycles. The van der Waals surface area contributed by atoms with E-state index in [0.717, 1.165) is 12.4 Å². The van der Waals surface area contributed by atoms with Crippen LogP contribution in [0.4, 0.5) is 0 Å². The second-order valence-electron chi connectivity index (χ2n) is 3.12. The monoisotopic (exact) mass is 158 g/mol. The summed E-state index contributed by atoms with van der Waals surface area (Å²) in [6.45, 7) is 4.32. The highest BCUT2D eigenvalue weighted by atomic mass is 15.3. The Balaban J connectivity index is 4.24. The molecule has 11 heavy (non-hydrogen) atoms. The minimum Gasteiger partial charge on any atom is -0.291 e. The van der Waals surface area contributed by atoms with Gasteiger partial charge in [-0.2, -0.15) is 0 Å². The molecular weight excluding hydrogens is 138 g/mol. The van der Waals surface area contributed by atoms with E-state index in [1.165, 1.54) is 0 Å². The van der Waals surface area contributed by atoms with Gasteiger partial charge in [-0.15, -0.1) is 0 Å². The highest BCUT2D eigenvalue weighted by Crippen LogP contribution is 1.97. The summed E-state index contributed by atoms with van der Waals surface area (Å²) in [5, 5.41) is 0. The fourth-order valence-electron chi connectivity index (χ4n) is 0.815. The summed E-state index contributed by atoms with van der Waals surface area (Å²) < 4.78 is 1.92. The smallest absolute Gasteiger partial charge is 0.291 e. The number of hydrogen-bond acceptors (Lipinski definition) is 0. The molecular formula is C8H20N3+. The average Bonchev–Trinajstić information content (AvgIpc) is 2.00. The lowest BCUT2D eigenvalue weighted by atomic mass is 10.2. The molecule has 1 atom stereocenters. The van der Waals surface area contributed by atoms with Crippen molar-refractivity contribution in [2.45, 2.75) is 26.3 Å². The molecule has 0 heterocycles. The van der Waals surface area contributed by atoms with Gasteiger partial charge in [0.05, 0.1) is 27.2 Å². The van der Waals surface area contributed by atoms with E-state index in [1.54, 1.807) is 0 Å². The normalized spacial score (nSPS) is 12.5. The lowest BCUT2D eigenvalue weighted by molar-refractivity contribution is -0.471. The third-order valence-electron chi connectivity index (χ3n) is 2.07. The summed E-state index contributed by atoms with van der Waals surface area (Å²) in [6.07, 6.45) is 1.12. The van der Waals surface area contributed by atoms with Gasteiger partial charge in [-0.3, -0.25) is 15.2 Å². The molecule has 0 spiro atoms. The Morgan fingerprint density at radius 3 is 2.27 bits per heavy atom. The van der Waals surface area contributed by atoms with Gasteiger partial charge >= 0.3 is 5.96 Å². The predicted octanol–water partition coefficient (Wildman–Crippen LogP) is 0.304. The van der Waals surface area contributed by atoms with E-state index in [9.17, 15) is 0 Å². The topological polar surface area (TPSA) is 32.3 Å². The Hall–Kier alpha value is -0.730. The van der Waals surface area contributed by atoms with Crippen molar-refractivity contribution in [3.8, 4) is 0 Å². The fraction of sp³-hybridized carbons (Fsp3) is 0.875. The van der Waals surface area contributed by atoms with Crippen LogP contribution in [0.1, 0.15) is 20.3 Å². The Morgan fingerprint density at radius 2 is 2.00 bits per heavy atom. The van der Waals surface area contributed by atoms with E-state index >= 15 is 0 Å². The van der Waals surface area contributed by atoms with Gasteiger partial charge in [0.25, 0.3) is 0 Å². The van der Waals surface area contributed by atoms with Gasteiger partial charge in [0.2, 0.25) is 0 Å². The van der Waals surface area contributed by atoms with Gasteiger partial charge < -0.3 is 0 Å². The molecule has 0 fully saturated rings. The summed E-state index contributed by atoms with van der Waals surface area (Å²) in [4.78, 5) is 2.08. The lowest BCUT2D eigenvalue weighted by Crippen LogP contribution is -2.44. The molecule has 66 valence electrons. The molecule has 0 amide bonds. The zero-order valence-electron chi connectivity index (χ0n) is 8.26. The largest absolute Gasteiger partial charge is 0.345 e. The molecule has 0 aliphatic carbocycles. The second kappa shape index (κ2) is 4.21. The molecule has 0 aliphatic rings. The van der Waals surface area contributed by atoms with E-state index in [0.29, 0.717) is 6.04 Å². The van der Waals surface area contributed by atoms with Gasteiger partial charge in [0.15, 0.2) is 0 Å². The van der Waals surface area contributed by atoms with Crippen molar-refractivity contribution in [2.75, 3.05) is 21.1 Å². The number of guanidine groups is 1. The summed E-state index contributed by atoms with van der Waals surface area (Å²) >= 11 is 0. The molecule has 3 nitrogen and oxygen atoms in total. The maximum Gasteiger partial charge on any atom is 0.345 e. The van der Waals surface area contributed by atoms with Crippen LogP contribution in [0.2, 0.25) is 0 Å². The molecule has 0 aliphatic heterocycles. The fourth-order valence-corrected chi connectivity index (χ4v) is 0.815. The van der Waals surface area contributed by atoms with Gasteiger partial charge in [0, 0.05) is 0 Å². The minimum absolute atomic E-state index is 0.511. The average molecular weight is 158 g/mol. The Kier molecular flexibility index (Phi) is 3.93. The summed E-state index contributed by atoms with van der Waals surface area (Å²) in [5.74, 6) is 0.819. The van der Waals surface area contributed by atoms with Gasteiger partial charge in [-0.25, -0.2) is 0 Å². The van der Waals surface area contributed by atoms with E-state index < -0.39 is 0 Å². The van der Waals surface area contributed by atoms with Crippen LogP contribution in [0.15, 0.2) is 0 Å². The molecule has 0 aromatic heterocycles. The zero-order chi connectivity index (χ0) is 9.02. The standard InChI is InChI=1S/C8H19N3/c1-6-7(2)11(5)8(9)10(3)4/h7,9H,6H2,1-5H3/p+1. The van der Waals surface area contributed by atoms with E-state index in [2.05, 4.69) is 18.7 Å². The quantitative estimate of drug-likeness (QED) is 0.356. The Labute approximate surface area is 69.5 Å². The summed E-state index contributed by atoms with van der Waals surface area (Å²) in [7, 11) is 5.92. The lowest BCUT2D eigenvalue weighted by Gasteiger charge is -2.19. The second-order valence-corrected chi connectivity index (χ2v) is 3.12. The molecule has 0 rings (SSSR count). The molecule has 0 aromatic rings. The first-order valence-electron chi connectivity index (χ1n) is 4.03. The first-order valence-corrected chi connectivity index (χ1v) is 4.03. The van der Waals surface area contributed by atoms with Crippen molar-refractivity contribution < 1.29 is 4.58 Å². The first-order chi connectivity index (χ1) is 5.00. The van der Waals surface area contributed by atoms with Crippen LogP contribution < -0.4 is 5.73 Å². The summed E-state index contributed by atoms with van der Waals surface area (Å²) in [5.41, 5.74) is 5.80. The molecule has 3 heteroatoms. The van der Waals surface area contributed by atoms with Crippen LogP contribution in [0, 0.1) is 0 Å². The highest BCUT2D eigenvalue weighted by molar-refractivity contribution is 5.72. The van der Waals surface area contributed by atoms with Crippen LogP contribution in [0.3, 0.4) is 0 Å². The highest BCUT2D eigenvalue weighted by Gasteiger charge is 2.15. The maximum atomic E-state index is 5.80. The van der Waals surface area contributed by atoms with E-state index in [4.69, 9.17) is 5.73 Å². The van der Waals surface area contributed by atoms with E-state index in [1.807, 2.05) is 25.7 Å². The molecule has 1 unspecified atom stereocenters. The van der Waals surface area contributed by atoms with Crippen molar-refractivity contribution in [3.63, 3.8) is 0 Å². The number of hydrogen-bond donors (Lipinski definition) is 1. The van der Waals surface area contributed by atoms with Crippen molar-refractivity contribution in [1.29, 1.82) is 0 Å².